The number of nitrogen functional groups attached to an aromatic ring is 1. The van der Waals surface area contributed by atoms with E-state index in [1.165, 1.54) is 24.1 Å². The molecule has 3 rings (SSSR count). The number of nitrogens with two attached hydrogens (primary N) is 1. The number of thiazole rings is 1. The summed E-state index contributed by atoms with van der Waals surface area (Å²) in [6, 6.07) is -1.05. The van der Waals surface area contributed by atoms with Gasteiger partial charge < -0.3 is 30.9 Å². The Morgan fingerprint density at radius 1 is 1.50 bits per heavy atom. The zero-order chi connectivity index (χ0) is 21.3. The van der Waals surface area contributed by atoms with E-state index in [9.17, 15) is 24.3 Å². The van der Waals surface area contributed by atoms with Gasteiger partial charge >= 0.3 is 35.5 Å². The Hall–Kier alpha value is -2.13. The SMILES string of the molecule is CC(=O)OCC1=C(C(=O)[O-])N2C(=O)C(NC(=O)/C(=N/O)c3csc(N)n3)C2SC1.[Na+]. The largest absolute Gasteiger partial charge is 1.00 e. The molecule has 1 fully saturated rings. The molecule has 2 unspecified atom stereocenters. The third kappa shape index (κ3) is 4.62. The number of amides is 2. The van der Waals surface area contributed by atoms with Crippen molar-refractivity contribution in [1.29, 1.82) is 0 Å². The maximum absolute atomic E-state index is 12.5. The number of aromatic nitrogens is 1. The Morgan fingerprint density at radius 3 is 2.73 bits per heavy atom. The normalized spacial score (nSPS) is 20.6. The fraction of sp³-hybridized carbons (Fsp3) is 0.333. The summed E-state index contributed by atoms with van der Waals surface area (Å²) in [6.45, 7) is 0.889. The van der Waals surface area contributed by atoms with Gasteiger partial charge in [-0.3, -0.25) is 19.3 Å². The van der Waals surface area contributed by atoms with Crippen molar-refractivity contribution in [3.05, 3.63) is 22.3 Å². The van der Waals surface area contributed by atoms with Gasteiger partial charge in [-0.25, -0.2) is 4.98 Å². The molecule has 0 spiro atoms. The van der Waals surface area contributed by atoms with Crippen LogP contribution in [0, 0.1) is 0 Å². The molecule has 154 valence electrons. The molecule has 12 nitrogen and oxygen atoms in total. The summed E-state index contributed by atoms with van der Waals surface area (Å²) in [5.74, 6) is -3.60. The van der Waals surface area contributed by atoms with Gasteiger partial charge in [0, 0.05) is 23.6 Å². The Labute approximate surface area is 199 Å². The number of carbonyl (C=O) groups is 4. The molecule has 0 saturated carbocycles. The number of hydrogen-bond acceptors (Lipinski definition) is 12. The monoisotopic (exact) mass is 463 g/mol. The van der Waals surface area contributed by atoms with Crippen LogP contribution in [0.15, 0.2) is 21.8 Å². The van der Waals surface area contributed by atoms with Crippen LogP contribution in [-0.4, -0.2) is 68.3 Å². The maximum Gasteiger partial charge on any atom is 1.00 e. The fourth-order valence-electron chi connectivity index (χ4n) is 2.79. The number of ether oxygens (including phenoxy) is 1. The van der Waals surface area contributed by atoms with Crippen LogP contribution in [0.3, 0.4) is 0 Å². The minimum Gasteiger partial charge on any atom is -0.543 e. The van der Waals surface area contributed by atoms with Gasteiger partial charge in [0.15, 0.2) is 10.8 Å². The van der Waals surface area contributed by atoms with E-state index in [0.29, 0.717) is 0 Å². The Kier molecular flexibility index (Phi) is 7.87. The van der Waals surface area contributed by atoms with Crippen LogP contribution in [0.4, 0.5) is 5.13 Å². The molecule has 2 aliphatic rings. The first-order valence-electron chi connectivity index (χ1n) is 8.00. The molecule has 30 heavy (non-hydrogen) atoms. The van der Waals surface area contributed by atoms with Gasteiger partial charge in [0.05, 0.1) is 11.7 Å². The number of thioether (sulfide) groups is 1. The molecule has 1 aromatic rings. The number of esters is 1. The van der Waals surface area contributed by atoms with E-state index in [1.807, 2.05) is 0 Å². The molecule has 0 radical (unpaired) electrons. The second kappa shape index (κ2) is 9.78. The quantitative estimate of drug-likeness (QED) is 0.0919. The Morgan fingerprint density at radius 2 is 2.20 bits per heavy atom. The summed E-state index contributed by atoms with van der Waals surface area (Å²) in [7, 11) is 0. The number of fused-ring (bicyclic) bond motifs is 1. The molecule has 4 N–H and O–H groups in total. The topological polar surface area (TPSA) is 187 Å². The minimum atomic E-state index is -1.59. The number of carbonyl (C=O) groups excluding carboxylic acids is 4. The van der Waals surface area contributed by atoms with E-state index >= 15 is 0 Å². The number of hydrogen-bond donors (Lipinski definition) is 3. The van der Waals surface area contributed by atoms with Crippen molar-refractivity contribution in [3.8, 4) is 0 Å². The average molecular weight is 463 g/mol. The molecule has 2 atom stereocenters. The number of oxime groups is 1. The second-order valence-electron chi connectivity index (χ2n) is 5.90. The zero-order valence-electron chi connectivity index (χ0n) is 15.8. The number of aliphatic carboxylic acids is 1. The minimum absolute atomic E-state index is 0. The van der Waals surface area contributed by atoms with Gasteiger partial charge in [-0.15, -0.1) is 23.1 Å². The molecule has 2 amide bonds. The number of nitrogens with one attached hydrogen (secondary N) is 1. The van der Waals surface area contributed by atoms with Gasteiger partial charge in [0.2, 0.25) is 0 Å². The number of carboxylic acid groups (broad SMARTS) is 1. The van der Waals surface area contributed by atoms with Gasteiger partial charge in [0.1, 0.15) is 23.7 Å². The summed E-state index contributed by atoms with van der Waals surface area (Å²) in [5.41, 5.74) is 4.93. The van der Waals surface area contributed by atoms with E-state index < -0.39 is 40.9 Å². The Bertz CT molecular complexity index is 963. The first-order valence-corrected chi connectivity index (χ1v) is 9.93. The molecule has 2 aliphatic heterocycles. The molecule has 0 aromatic carbocycles. The van der Waals surface area contributed by atoms with Crippen LogP contribution in [0.2, 0.25) is 0 Å². The van der Waals surface area contributed by atoms with E-state index in [4.69, 9.17) is 15.7 Å². The Balaban J connectivity index is 0.00000320. The number of nitrogens with zero attached hydrogens (tertiary/aromatic N) is 3. The van der Waals surface area contributed by atoms with Crippen LogP contribution in [0.1, 0.15) is 12.6 Å². The first kappa shape index (κ1) is 24.1. The predicted octanol–water partition coefficient (Wildman–Crippen LogP) is -5.13. The summed E-state index contributed by atoms with van der Waals surface area (Å²) < 4.78 is 4.82. The smallest absolute Gasteiger partial charge is 0.543 e. The summed E-state index contributed by atoms with van der Waals surface area (Å²) in [6.07, 6.45) is 0. The number of β-lactam (4-membered cyclic amide) rings is 1. The molecule has 1 aromatic heterocycles. The fourth-order valence-corrected chi connectivity index (χ4v) is 4.67. The average Bonchev–Trinajstić information content (AvgIpc) is 3.09. The number of carboxylic acids is 1. The van der Waals surface area contributed by atoms with Gasteiger partial charge in [0.25, 0.3) is 11.8 Å². The molecule has 1 saturated heterocycles. The van der Waals surface area contributed by atoms with Crippen LogP contribution in [0.25, 0.3) is 0 Å². The molecule has 0 bridgehead atoms. The van der Waals surface area contributed by atoms with Crippen LogP contribution in [-0.2, 0) is 23.9 Å². The van der Waals surface area contributed by atoms with Crippen molar-refractivity contribution in [2.45, 2.75) is 18.3 Å². The first-order chi connectivity index (χ1) is 13.7. The van der Waals surface area contributed by atoms with E-state index in [1.54, 1.807) is 0 Å². The van der Waals surface area contributed by atoms with Gasteiger partial charge in [-0.2, -0.15) is 0 Å². The van der Waals surface area contributed by atoms with E-state index in [0.717, 1.165) is 16.2 Å². The van der Waals surface area contributed by atoms with Gasteiger partial charge in [-0.05, 0) is 0 Å². The standard InChI is InChI=1S/C15H15N5O7S2.Na/c1-5(21)27-2-6-3-28-13-9(12(23)20(13)10(6)14(24)25)18-11(22)8(19-26)7-4-29-15(16)17-7;/h4,9,13,26H,2-3H2,1H3,(H2,16,17)(H,18,22)(H,24,25);/q;+1/p-1/b19-8+;. The van der Waals surface area contributed by atoms with Crippen molar-refractivity contribution in [3.63, 3.8) is 0 Å². The zero-order valence-corrected chi connectivity index (χ0v) is 19.4. The molecular formula is C15H14N5NaO7S2. The summed E-state index contributed by atoms with van der Waals surface area (Å²) >= 11 is 2.22. The van der Waals surface area contributed by atoms with Crippen molar-refractivity contribution >= 4 is 57.7 Å². The van der Waals surface area contributed by atoms with Crippen molar-refractivity contribution in [2.24, 2.45) is 5.16 Å². The second-order valence-corrected chi connectivity index (χ2v) is 7.90. The van der Waals surface area contributed by atoms with Crippen LogP contribution >= 0.6 is 23.1 Å². The van der Waals surface area contributed by atoms with Crippen molar-refractivity contribution in [2.75, 3.05) is 18.1 Å². The summed E-state index contributed by atoms with van der Waals surface area (Å²) in [4.78, 5) is 52.3. The molecule has 15 heteroatoms. The third-order valence-electron chi connectivity index (χ3n) is 4.06. The van der Waals surface area contributed by atoms with Crippen LogP contribution < -0.4 is 45.7 Å². The van der Waals surface area contributed by atoms with E-state index in [2.05, 4.69) is 15.5 Å². The van der Waals surface area contributed by atoms with Crippen molar-refractivity contribution in [1.82, 2.24) is 15.2 Å². The van der Waals surface area contributed by atoms with Gasteiger partial charge in [-0.1, -0.05) is 5.16 Å². The van der Waals surface area contributed by atoms with Crippen molar-refractivity contribution < 1.29 is 63.8 Å². The predicted molar refractivity (Wildman–Crippen MR) is 98.5 cm³/mol. The van der Waals surface area contributed by atoms with Crippen LogP contribution in [0.5, 0.6) is 0 Å². The number of anilines is 1. The molecular weight excluding hydrogens is 449 g/mol. The van der Waals surface area contributed by atoms with E-state index in [-0.39, 0.29) is 64.0 Å². The maximum atomic E-state index is 12.5. The molecule has 3 heterocycles. The summed E-state index contributed by atoms with van der Waals surface area (Å²) in [5, 5.41) is 26.9. The molecule has 0 aliphatic carbocycles. The number of rotatable bonds is 6. The third-order valence-corrected chi connectivity index (χ3v) is 6.07.